The molecule has 0 saturated carbocycles. The average molecular weight is 466 g/mol. The molecule has 2 aromatic carbocycles. The maximum Gasteiger partial charge on any atom is 0.230 e. The quantitative estimate of drug-likeness (QED) is 0.321. The van der Waals surface area contributed by atoms with E-state index in [4.69, 9.17) is 19.6 Å². The predicted octanol–water partition coefficient (Wildman–Crippen LogP) is 5.70. The molecule has 0 aliphatic heterocycles. The lowest BCUT2D eigenvalue weighted by Gasteiger charge is -2.11. The van der Waals surface area contributed by atoms with Gasteiger partial charge in [-0.15, -0.1) is 0 Å². The standard InChI is InChI=1S/C28H23N3O4/c1-16-6-8-17(9-7-16)26(32)27-25(29)24-20(18-10-11-22(33-2)23(13-18)34-3)14-21(31-28(24)35-27)19-5-4-12-30-15-19/h4-15H,29H2,1-3H3. The monoisotopic (exact) mass is 465 g/mol. The molecule has 0 atom stereocenters. The van der Waals surface area contributed by atoms with Crippen molar-refractivity contribution in [3.63, 3.8) is 0 Å². The third kappa shape index (κ3) is 3.97. The topological polar surface area (TPSA) is 100 Å². The van der Waals surface area contributed by atoms with Crippen LogP contribution in [0.1, 0.15) is 21.7 Å². The number of nitrogens with two attached hydrogens (primary N) is 1. The molecular weight excluding hydrogens is 442 g/mol. The molecule has 7 nitrogen and oxygen atoms in total. The molecule has 174 valence electrons. The van der Waals surface area contributed by atoms with Gasteiger partial charge in [-0.25, -0.2) is 4.98 Å². The number of aryl methyl sites for hydroxylation is 1. The first-order valence-electron chi connectivity index (χ1n) is 11.0. The van der Waals surface area contributed by atoms with E-state index in [0.29, 0.717) is 28.1 Å². The summed E-state index contributed by atoms with van der Waals surface area (Å²) in [5.41, 5.74) is 11.6. The summed E-state index contributed by atoms with van der Waals surface area (Å²) < 4.78 is 16.9. The average Bonchev–Trinajstić information content (AvgIpc) is 3.24. The first-order valence-corrected chi connectivity index (χ1v) is 11.0. The zero-order chi connectivity index (χ0) is 24.5. The van der Waals surface area contributed by atoms with Crippen LogP contribution in [-0.2, 0) is 0 Å². The Morgan fingerprint density at radius 2 is 1.71 bits per heavy atom. The number of rotatable bonds is 6. The first kappa shape index (κ1) is 22.2. The number of furan rings is 1. The number of aromatic nitrogens is 2. The highest BCUT2D eigenvalue weighted by Crippen LogP contribution is 2.41. The Hall–Kier alpha value is -4.65. The molecule has 0 aliphatic carbocycles. The molecule has 0 aliphatic rings. The molecule has 3 heterocycles. The minimum Gasteiger partial charge on any atom is -0.493 e. The molecule has 0 unspecified atom stereocenters. The van der Waals surface area contributed by atoms with Crippen molar-refractivity contribution in [2.45, 2.75) is 6.92 Å². The van der Waals surface area contributed by atoms with Crippen molar-refractivity contribution in [3.05, 3.63) is 89.9 Å². The van der Waals surface area contributed by atoms with Crippen LogP contribution in [0, 0.1) is 6.92 Å². The fraction of sp³-hybridized carbons (Fsp3) is 0.107. The smallest absolute Gasteiger partial charge is 0.230 e. The van der Waals surface area contributed by atoms with Gasteiger partial charge < -0.3 is 19.6 Å². The number of ketones is 1. The van der Waals surface area contributed by atoms with Crippen molar-refractivity contribution >= 4 is 22.6 Å². The zero-order valence-electron chi connectivity index (χ0n) is 19.5. The Labute approximate surface area is 202 Å². The van der Waals surface area contributed by atoms with Gasteiger partial charge in [0, 0.05) is 23.5 Å². The van der Waals surface area contributed by atoms with Crippen molar-refractivity contribution in [2.75, 3.05) is 20.0 Å². The number of nitrogen functional groups attached to an aromatic ring is 1. The summed E-state index contributed by atoms with van der Waals surface area (Å²) in [4.78, 5) is 22.2. The van der Waals surface area contributed by atoms with Gasteiger partial charge in [0.05, 0.1) is 31.0 Å². The third-order valence-electron chi connectivity index (χ3n) is 5.87. The lowest BCUT2D eigenvalue weighted by molar-refractivity contribution is 0.101. The summed E-state index contributed by atoms with van der Waals surface area (Å²) in [6, 6.07) is 18.5. The van der Waals surface area contributed by atoms with Crippen LogP contribution in [0.2, 0.25) is 0 Å². The van der Waals surface area contributed by atoms with Crippen molar-refractivity contribution in [1.82, 2.24) is 9.97 Å². The van der Waals surface area contributed by atoms with Gasteiger partial charge >= 0.3 is 0 Å². The van der Waals surface area contributed by atoms with Gasteiger partial charge in [-0.3, -0.25) is 9.78 Å². The van der Waals surface area contributed by atoms with Gasteiger partial charge in [-0.05, 0) is 48.4 Å². The number of nitrogens with zero attached hydrogens (tertiary/aromatic N) is 2. The maximum absolute atomic E-state index is 13.3. The molecule has 0 radical (unpaired) electrons. The summed E-state index contributed by atoms with van der Waals surface area (Å²) in [6.07, 6.45) is 3.41. The van der Waals surface area contributed by atoms with Gasteiger partial charge in [0.2, 0.25) is 17.3 Å². The van der Waals surface area contributed by atoms with E-state index < -0.39 is 0 Å². The molecule has 5 aromatic rings. The van der Waals surface area contributed by atoms with E-state index in [2.05, 4.69) is 9.97 Å². The van der Waals surface area contributed by atoms with Crippen LogP contribution < -0.4 is 15.2 Å². The van der Waals surface area contributed by atoms with E-state index >= 15 is 0 Å². The number of pyridine rings is 2. The van der Waals surface area contributed by atoms with Crippen LogP contribution in [0.3, 0.4) is 0 Å². The first-order chi connectivity index (χ1) is 17.0. The lowest BCUT2D eigenvalue weighted by Crippen LogP contribution is -2.03. The number of ether oxygens (including phenoxy) is 2. The molecular formula is C28H23N3O4. The second-order valence-electron chi connectivity index (χ2n) is 8.09. The maximum atomic E-state index is 13.3. The minimum atomic E-state index is -0.304. The van der Waals surface area contributed by atoms with Crippen LogP contribution in [0.25, 0.3) is 33.5 Å². The van der Waals surface area contributed by atoms with Crippen LogP contribution >= 0.6 is 0 Å². The minimum absolute atomic E-state index is 0.0569. The molecule has 0 bridgehead atoms. The van der Waals surface area contributed by atoms with Crippen LogP contribution in [0.15, 0.2) is 77.5 Å². The molecule has 0 amide bonds. The van der Waals surface area contributed by atoms with E-state index in [-0.39, 0.29) is 22.9 Å². The second kappa shape index (κ2) is 8.95. The molecule has 5 rings (SSSR count). The number of fused-ring (bicyclic) bond motifs is 1. The van der Waals surface area contributed by atoms with Crippen molar-refractivity contribution in [1.29, 1.82) is 0 Å². The van der Waals surface area contributed by atoms with Gasteiger partial charge in [0.15, 0.2) is 11.5 Å². The summed E-state index contributed by atoms with van der Waals surface area (Å²) in [5.74, 6) is 0.920. The summed E-state index contributed by atoms with van der Waals surface area (Å²) in [6.45, 7) is 1.96. The Morgan fingerprint density at radius 1 is 0.943 bits per heavy atom. The SMILES string of the molecule is COc1ccc(-c2cc(-c3cccnc3)nc3oc(C(=O)c4ccc(C)cc4)c(N)c23)cc1OC. The zero-order valence-corrected chi connectivity index (χ0v) is 19.5. The number of benzene rings is 2. The van der Waals surface area contributed by atoms with E-state index in [1.807, 2.05) is 55.5 Å². The summed E-state index contributed by atoms with van der Waals surface area (Å²) in [5, 5.41) is 0.556. The van der Waals surface area contributed by atoms with E-state index in [9.17, 15) is 4.79 Å². The van der Waals surface area contributed by atoms with Gasteiger partial charge in [0.1, 0.15) is 0 Å². The molecule has 3 aromatic heterocycles. The lowest BCUT2D eigenvalue weighted by atomic mass is 9.98. The number of hydrogen-bond acceptors (Lipinski definition) is 7. The number of carbonyl (C=O) groups is 1. The number of methoxy groups -OCH3 is 2. The Balaban J connectivity index is 1.76. The van der Waals surface area contributed by atoms with Crippen LogP contribution in [-0.4, -0.2) is 30.0 Å². The fourth-order valence-electron chi connectivity index (χ4n) is 4.02. The molecule has 0 fully saturated rings. The Bertz CT molecular complexity index is 1540. The molecule has 7 heteroatoms. The molecule has 0 saturated heterocycles. The van der Waals surface area contributed by atoms with Crippen molar-refractivity contribution < 1.29 is 18.7 Å². The van der Waals surface area contributed by atoms with Crippen molar-refractivity contribution in [3.8, 4) is 33.9 Å². The fourth-order valence-corrected chi connectivity index (χ4v) is 4.02. The highest BCUT2D eigenvalue weighted by Gasteiger charge is 2.25. The normalized spacial score (nSPS) is 10.9. The predicted molar refractivity (Wildman–Crippen MR) is 135 cm³/mol. The summed E-state index contributed by atoms with van der Waals surface area (Å²) >= 11 is 0. The van der Waals surface area contributed by atoms with E-state index in [0.717, 1.165) is 22.3 Å². The Morgan fingerprint density at radius 3 is 2.40 bits per heavy atom. The van der Waals surface area contributed by atoms with Gasteiger partial charge in [-0.2, -0.15) is 0 Å². The van der Waals surface area contributed by atoms with Crippen LogP contribution in [0.4, 0.5) is 5.69 Å². The Kier molecular flexibility index (Phi) is 5.66. The van der Waals surface area contributed by atoms with Crippen molar-refractivity contribution in [2.24, 2.45) is 0 Å². The van der Waals surface area contributed by atoms with Gasteiger partial charge in [0.25, 0.3) is 0 Å². The number of carbonyl (C=O) groups excluding carboxylic acids is 1. The number of anilines is 1. The largest absolute Gasteiger partial charge is 0.493 e. The number of hydrogen-bond donors (Lipinski definition) is 1. The van der Waals surface area contributed by atoms with Gasteiger partial charge in [-0.1, -0.05) is 35.9 Å². The highest BCUT2D eigenvalue weighted by molar-refractivity contribution is 6.16. The second-order valence-corrected chi connectivity index (χ2v) is 8.09. The molecule has 2 N–H and O–H groups in total. The summed E-state index contributed by atoms with van der Waals surface area (Å²) in [7, 11) is 3.16. The highest BCUT2D eigenvalue weighted by atomic mass is 16.5. The third-order valence-corrected chi connectivity index (χ3v) is 5.87. The van der Waals surface area contributed by atoms with E-state index in [1.165, 1.54) is 0 Å². The molecule has 35 heavy (non-hydrogen) atoms. The van der Waals surface area contributed by atoms with Crippen LogP contribution in [0.5, 0.6) is 11.5 Å². The molecule has 0 spiro atoms. The van der Waals surface area contributed by atoms with E-state index in [1.54, 1.807) is 38.7 Å².